The molecule has 1 aromatic carbocycles. The number of halogens is 3. The summed E-state index contributed by atoms with van der Waals surface area (Å²) in [6.07, 6.45) is -3.74. The van der Waals surface area contributed by atoms with E-state index in [1.165, 1.54) is 41.9 Å². The maximum Gasteiger partial charge on any atom is 0.573 e. The van der Waals surface area contributed by atoms with Crippen LogP contribution >= 0.6 is 11.3 Å². The lowest BCUT2D eigenvalue weighted by Gasteiger charge is -2.25. The van der Waals surface area contributed by atoms with Crippen LogP contribution in [-0.2, 0) is 15.6 Å². The molecule has 1 atom stereocenters. The van der Waals surface area contributed by atoms with Crippen molar-refractivity contribution in [2.24, 2.45) is 0 Å². The average molecular weight is 433 g/mol. The second kappa shape index (κ2) is 7.59. The lowest BCUT2D eigenvalue weighted by Crippen LogP contribution is -2.41. The summed E-state index contributed by atoms with van der Waals surface area (Å²) in [6.45, 7) is -0.566. The number of ether oxygens (including phenoxy) is 1. The zero-order valence-electron chi connectivity index (χ0n) is 14.0. The maximum atomic E-state index is 12.6. The minimum atomic E-state index is -5.06. The van der Waals surface area contributed by atoms with Crippen LogP contribution in [0.4, 0.5) is 13.2 Å². The van der Waals surface area contributed by atoms with Gasteiger partial charge in [-0.2, -0.15) is 0 Å². The molecule has 28 heavy (non-hydrogen) atoms. The summed E-state index contributed by atoms with van der Waals surface area (Å²) in [6, 6.07) is 10.6. The van der Waals surface area contributed by atoms with E-state index in [-0.39, 0.29) is 5.76 Å². The Hall–Kier alpha value is -2.34. The van der Waals surface area contributed by atoms with Crippen LogP contribution in [0.5, 0.6) is 5.75 Å². The van der Waals surface area contributed by atoms with Gasteiger partial charge in [0.2, 0.25) is 10.0 Å². The van der Waals surface area contributed by atoms with E-state index >= 15 is 0 Å². The van der Waals surface area contributed by atoms with Gasteiger partial charge in [-0.15, -0.1) is 24.5 Å². The van der Waals surface area contributed by atoms with Gasteiger partial charge in [-0.1, -0.05) is 18.2 Å². The van der Waals surface area contributed by atoms with Crippen molar-refractivity contribution in [1.82, 2.24) is 4.72 Å². The average Bonchev–Trinajstić information content (AvgIpc) is 3.32. The van der Waals surface area contributed by atoms with Gasteiger partial charge in [-0.25, -0.2) is 13.1 Å². The van der Waals surface area contributed by atoms with Crippen LogP contribution in [-0.4, -0.2) is 26.4 Å². The Morgan fingerprint density at radius 3 is 2.46 bits per heavy atom. The van der Waals surface area contributed by atoms with Crippen molar-refractivity contribution in [3.05, 3.63) is 70.8 Å². The van der Waals surface area contributed by atoms with E-state index in [1.54, 1.807) is 17.5 Å². The van der Waals surface area contributed by atoms with Crippen LogP contribution in [0.1, 0.15) is 10.6 Å². The van der Waals surface area contributed by atoms with Gasteiger partial charge in [0.15, 0.2) is 5.60 Å². The van der Waals surface area contributed by atoms with Crippen LogP contribution in [0.15, 0.2) is 69.5 Å². The van der Waals surface area contributed by atoms with Crippen molar-refractivity contribution in [2.75, 3.05) is 6.54 Å². The van der Waals surface area contributed by atoms with Crippen molar-refractivity contribution >= 4 is 21.4 Å². The molecule has 3 aromatic rings. The number of thiophene rings is 1. The molecule has 2 aromatic heterocycles. The van der Waals surface area contributed by atoms with Gasteiger partial charge in [0, 0.05) is 4.88 Å². The number of benzene rings is 1. The lowest BCUT2D eigenvalue weighted by molar-refractivity contribution is -0.275. The molecule has 11 heteroatoms. The summed E-state index contributed by atoms with van der Waals surface area (Å²) < 4.78 is 74.1. The predicted octanol–water partition coefficient (Wildman–Crippen LogP) is 3.45. The van der Waals surface area contributed by atoms with E-state index in [2.05, 4.69) is 9.46 Å². The second-order valence-corrected chi connectivity index (χ2v) is 8.32. The Labute approximate surface area is 162 Å². The fourth-order valence-electron chi connectivity index (χ4n) is 2.48. The largest absolute Gasteiger partial charge is 0.573 e. The van der Waals surface area contributed by atoms with Crippen LogP contribution in [0.3, 0.4) is 0 Å². The lowest BCUT2D eigenvalue weighted by atomic mass is 9.99. The van der Waals surface area contributed by atoms with Gasteiger partial charge >= 0.3 is 6.36 Å². The van der Waals surface area contributed by atoms with Crippen molar-refractivity contribution in [1.29, 1.82) is 0 Å². The third-order valence-electron chi connectivity index (χ3n) is 3.74. The maximum absolute atomic E-state index is 12.6. The molecule has 3 rings (SSSR count). The fraction of sp³-hybridized carbons (Fsp3) is 0.176. The molecule has 2 N–H and O–H groups in total. The molecule has 150 valence electrons. The summed E-state index contributed by atoms with van der Waals surface area (Å²) in [7, 11) is -4.45. The Bertz CT molecular complexity index is 981. The molecule has 0 fully saturated rings. The first-order chi connectivity index (χ1) is 13.1. The first-order valence-electron chi connectivity index (χ1n) is 7.77. The smallest absolute Gasteiger partial charge is 0.466 e. The number of alkyl halides is 3. The summed E-state index contributed by atoms with van der Waals surface area (Å²) in [5.74, 6) is -0.794. The number of furan rings is 1. The number of hydrogen-bond donors (Lipinski definition) is 2. The fourth-order valence-corrected chi connectivity index (χ4v) is 4.50. The van der Waals surface area contributed by atoms with E-state index in [1.807, 2.05) is 0 Å². The molecule has 0 spiro atoms. The van der Waals surface area contributed by atoms with Gasteiger partial charge in [0.05, 0.1) is 12.8 Å². The van der Waals surface area contributed by atoms with Crippen molar-refractivity contribution < 1.29 is 35.8 Å². The van der Waals surface area contributed by atoms with Crippen molar-refractivity contribution in [3.63, 3.8) is 0 Å². The second-order valence-electron chi connectivity index (χ2n) is 5.63. The molecular weight excluding hydrogens is 419 g/mol. The normalized spacial score (nSPS) is 14.6. The number of para-hydroxylation sites is 1. The topological polar surface area (TPSA) is 88.8 Å². The molecule has 0 aliphatic rings. The molecule has 0 aliphatic carbocycles. The highest BCUT2D eigenvalue weighted by Crippen LogP contribution is 2.34. The number of nitrogens with one attached hydrogen (secondary N) is 1. The molecule has 1 unspecified atom stereocenters. The Kier molecular flexibility index (Phi) is 5.53. The van der Waals surface area contributed by atoms with Crippen LogP contribution < -0.4 is 9.46 Å². The van der Waals surface area contributed by atoms with Gasteiger partial charge in [0.25, 0.3) is 0 Å². The quantitative estimate of drug-likeness (QED) is 0.596. The zero-order valence-corrected chi connectivity index (χ0v) is 15.6. The Morgan fingerprint density at radius 1 is 1.11 bits per heavy atom. The summed E-state index contributed by atoms with van der Waals surface area (Å²) >= 11 is 1.17. The number of hydrogen-bond acceptors (Lipinski definition) is 6. The number of sulfonamides is 1. The number of aliphatic hydroxyl groups is 1. The zero-order chi connectivity index (χ0) is 20.4. The van der Waals surface area contributed by atoms with Crippen LogP contribution in [0, 0.1) is 0 Å². The molecule has 0 aliphatic heterocycles. The molecule has 2 heterocycles. The van der Waals surface area contributed by atoms with Gasteiger partial charge < -0.3 is 14.3 Å². The highest BCUT2D eigenvalue weighted by Gasteiger charge is 2.38. The number of rotatable bonds is 7. The monoisotopic (exact) mass is 433 g/mol. The highest BCUT2D eigenvalue weighted by atomic mass is 32.2. The molecule has 0 saturated carbocycles. The summed E-state index contributed by atoms with van der Waals surface area (Å²) in [5.41, 5.74) is -1.84. The third-order valence-corrected chi connectivity index (χ3v) is 6.20. The van der Waals surface area contributed by atoms with E-state index in [4.69, 9.17) is 4.42 Å². The molecule has 6 nitrogen and oxygen atoms in total. The summed E-state index contributed by atoms with van der Waals surface area (Å²) in [4.78, 5) is -0.315. The Morgan fingerprint density at radius 2 is 1.86 bits per heavy atom. The first kappa shape index (κ1) is 20.4. The van der Waals surface area contributed by atoms with E-state index in [9.17, 15) is 26.7 Å². The predicted molar refractivity (Wildman–Crippen MR) is 94.3 cm³/mol. The molecule has 0 amide bonds. The van der Waals surface area contributed by atoms with Gasteiger partial charge in [0.1, 0.15) is 16.4 Å². The third kappa shape index (κ3) is 4.38. The van der Waals surface area contributed by atoms with Crippen LogP contribution in [0.25, 0.3) is 0 Å². The van der Waals surface area contributed by atoms with E-state index < -0.39 is 39.2 Å². The standard InChI is InChI=1S/C17H14F3NO5S2/c18-17(19,20)26-12-5-1-2-6-13(12)28(23,24)21-11-16(22,14-7-3-9-25-14)15-8-4-10-27-15/h1-10,21-22H,11H2. The van der Waals surface area contributed by atoms with Crippen molar-refractivity contribution in [3.8, 4) is 5.75 Å². The van der Waals surface area contributed by atoms with Crippen molar-refractivity contribution in [2.45, 2.75) is 16.9 Å². The van der Waals surface area contributed by atoms with E-state index in [0.717, 1.165) is 12.1 Å². The minimum absolute atomic E-state index is 0.0810. The SMILES string of the molecule is O=S(=O)(NCC(O)(c1ccco1)c1cccs1)c1ccccc1OC(F)(F)F. The minimum Gasteiger partial charge on any atom is -0.466 e. The molecule has 0 saturated heterocycles. The molecule has 0 radical (unpaired) electrons. The molecular formula is C17H14F3NO5S2. The molecule has 0 bridgehead atoms. The van der Waals surface area contributed by atoms with Gasteiger partial charge in [-0.3, -0.25) is 0 Å². The first-order valence-corrected chi connectivity index (χ1v) is 10.1. The van der Waals surface area contributed by atoms with Crippen LogP contribution in [0.2, 0.25) is 0 Å². The van der Waals surface area contributed by atoms with E-state index in [0.29, 0.717) is 4.88 Å². The van der Waals surface area contributed by atoms with Gasteiger partial charge in [-0.05, 0) is 35.7 Å². The summed E-state index contributed by atoms with van der Waals surface area (Å²) in [5, 5.41) is 12.8. The Balaban J connectivity index is 1.91. The highest BCUT2D eigenvalue weighted by molar-refractivity contribution is 7.89.